The average Bonchev–Trinajstić information content (AvgIpc) is 3.07. The largest absolute Gasteiger partial charge is 0.497 e. The third kappa shape index (κ3) is 2.39. The lowest BCUT2D eigenvalue weighted by Crippen LogP contribution is -1.98. The third-order valence-corrected chi connectivity index (χ3v) is 4.91. The van der Waals surface area contributed by atoms with Crippen LogP contribution in [-0.4, -0.2) is 29.9 Å². The van der Waals surface area contributed by atoms with Gasteiger partial charge in [-0.1, -0.05) is 6.92 Å². The lowest BCUT2D eigenvalue weighted by atomic mass is 10.1. The fraction of sp³-hybridized carbons (Fsp3) is 0.294. The molecule has 0 atom stereocenters. The number of benzene rings is 1. The molecule has 0 aliphatic heterocycles. The first kappa shape index (κ1) is 15.6. The molecule has 0 radical (unpaired) electrons. The van der Waals surface area contributed by atoms with Gasteiger partial charge in [0.1, 0.15) is 22.9 Å². The zero-order valence-electron chi connectivity index (χ0n) is 13.5. The van der Waals surface area contributed by atoms with Gasteiger partial charge in [0, 0.05) is 16.1 Å². The second kappa shape index (κ2) is 6.04. The minimum Gasteiger partial charge on any atom is -0.497 e. The van der Waals surface area contributed by atoms with Gasteiger partial charge in [0.15, 0.2) is 11.2 Å². The Kier molecular flexibility index (Phi) is 4.09. The molecule has 0 saturated heterocycles. The Labute approximate surface area is 138 Å². The summed E-state index contributed by atoms with van der Waals surface area (Å²) in [5.41, 5.74) is 3.04. The summed E-state index contributed by atoms with van der Waals surface area (Å²) < 4.78 is 12.7. The van der Waals surface area contributed by atoms with Crippen LogP contribution in [0.2, 0.25) is 0 Å². The minimum atomic E-state index is 0.549. The Morgan fingerprint density at radius 3 is 2.70 bits per heavy atom. The number of aromatic nitrogens is 2. The van der Waals surface area contributed by atoms with Crippen LogP contribution in [0.25, 0.3) is 16.2 Å². The number of carbonyl (C=O) groups excluding carboxylic acids is 1. The van der Waals surface area contributed by atoms with Gasteiger partial charge >= 0.3 is 0 Å². The standard InChI is InChI=1S/C17H18N2O3S/c1-5-13-10(2)23-17-18-16(14(9-20)19(13)17)12-8-11(21-3)6-7-15(12)22-4/h6-9H,5H2,1-4H3. The number of hydrogen-bond acceptors (Lipinski definition) is 5. The molecule has 0 aliphatic rings. The highest BCUT2D eigenvalue weighted by molar-refractivity contribution is 7.17. The van der Waals surface area contributed by atoms with E-state index in [9.17, 15) is 4.79 Å². The van der Waals surface area contributed by atoms with Crippen LogP contribution < -0.4 is 9.47 Å². The van der Waals surface area contributed by atoms with E-state index in [2.05, 4.69) is 18.8 Å². The van der Waals surface area contributed by atoms with Gasteiger partial charge in [-0.2, -0.15) is 0 Å². The molecular weight excluding hydrogens is 312 g/mol. The Hall–Kier alpha value is -2.34. The molecule has 3 aromatic rings. The first-order valence-electron chi connectivity index (χ1n) is 7.32. The normalized spacial score (nSPS) is 11.0. The van der Waals surface area contributed by atoms with E-state index in [1.807, 2.05) is 22.6 Å². The van der Waals surface area contributed by atoms with E-state index < -0.39 is 0 Å². The van der Waals surface area contributed by atoms with Crippen LogP contribution >= 0.6 is 11.3 Å². The molecule has 0 spiro atoms. The summed E-state index contributed by atoms with van der Waals surface area (Å²) in [6.45, 7) is 4.13. The predicted octanol–water partition coefficient (Wildman–Crippen LogP) is 3.76. The summed E-state index contributed by atoms with van der Waals surface area (Å²) in [6.07, 6.45) is 1.71. The van der Waals surface area contributed by atoms with E-state index in [1.54, 1.807) is 25.6 Å². The van der Waals surface area contributed by atoms with Gasteiger partial charge in [0.2, 0.25) is 0 Å². The van der Waals surface area contributed by atoms with Crippen molar-refractivity contribution in [3.63, 3.8) is 0 Å². The molecule has 2 aromatic heterocycles. The van der Waals surface area contributed by atoms with Crippen LogP contribution in [0.3, 0.4) is 0 Å². The van der Waals surface area contributed by atoms with Gasteiger partial charge < -0.3 is 9.47 Å². The summed E-state index contributed by atoms with van der Waals surface area (Å²) in [4.78, 5) is 18.5. The average molecular weight is 330 g/mol. The Bertz CT molecular complexity index is 880. The number of aryl methyl sites for hydroxylation is 2. The number of ether oxygens (including phenoxy) is 2. The number of carbonyl (C=O) groups is 1. The maximum Gasteiger partial charge on any atom is 0.195 e. The molecule has 0 fully saturated rings. The first-order valence-corrected chi connectivity index (χ1v) is 8.14. The van der Waals surface area contributed by atoms with E-state index in [0.29, 0.717) is 22.9 Å². The fourth-order valence-corrected chi connectivity index (χ4v) is 3.87. The van der Waals surface area contributed by atoms with Crippen molar-refractivity contribution in [1.29, 1.82) is 0 Å². The highest BCUT2D eigenvalue weighted by atomic mass is 32.1. The number of imidazole rings is 1. The maximum atomic E-state index is 11.8. The number of nitrogens with zero attached hydrogens (tertiary/aromatic N) is 2. The molecule has 0 bridgehead atoms. The Morgan fingerprint density at radius 2 is 2.09 bits per heavy atom. The maximum absolute atomic E-state index is 11.8. The second-order valence-electron chi connectivity index (χ2n) is 5.11. The van der Waals surface area contributed by atoms with Crippen molar-refractivity contribution in [2.24, 2.45) is 0 Å². The monoisotopic (exact) mass is 330 g/mol. The zero-order valence-corrected chi connectivity index (χ0v) is 14.4. The second-order valence-corrected chi connectivity index (χ2v) is 6.29. The van der Waals surface area contributed by atoms with E-state index in [0.717, 1.165) is 28.9 Å². The number of rotatable bonds is 5. The minimum absolute atomic E-state index is 0.549. The molecular formula is C17H18N2O3S. The smallest absolute Gasteiger partial charge is 0.195 e. The lowest BCUT2D eigenvalue weighted by Gasteiger charge is -2.09. The molecule has 3 rings (SSSR count). The number of methoxy groups -OCH3 is 2. The van der Waals surface area contributed by atoms with Crippen molar-refractivity contribution in [3.05, 3.63) is 34.5 Å². The van der Waals surface area contributed by atoms with Gasteiger partial charge in [-0.3, -0.25) is 9.20 Å². The van der Waals surface area contributed by atoms with Crippen molar-refractivity contribution < 1.29 is 14.3 Å². The number of thiazole rings is 1. The van der Waals surface area contributed by atoms with Crippen LogP contribution in [0.5, 0.6) is 11.5 Å². The molecule has 0 saturated carbocycles. The van der Waals surface area contributed by atoms with E-state index >= 15 is 0 Å². The molecule has 0 unspecified atom stereocenters. The first-order chi connectivity index (χ1) is 11.1. The van der Waals surface area contributed by atoms with E-state index in [-0.39, 0.29) is 0 Å². The van der Waals surface area contributed by atoms with Gasteiger partial charge in [0.25, 0.3) is 0 Å². The zero-order chi connectivity index (χ0) is 16.6. The number of fused-ring (bicyclic) bond motifs is 1. The van der Waals surface area contributed by atoms with Crippen molar-refractivity contribution in [2.75, 3.05) is 14.2 Å². The van der Waals surface area contributed by atoms with Gasteiger partial charge in [-0.25, -0.2) is 4.98 Å². The fourth-order valence-electron chi connectivity index (χ4n) is 2.81. The SMILES string of the molecule is CCc1c(C)sc2nc(-c3cc(OC)ccc3OC)c(C=O)n12. The molecule has 1 aromatic carbocycles. The lowest BCUT2D eigenvalue weighted by molar-refractivity contribution is 0.111. The van der Waals surface area contributed by atoms with E-state index in [4.69, 9.17) is 9.47 Å². The van der Waals surface area contributed by atoms with Gasteiger partial charge in [-0.05, 0) is 31.5 Å². The van der Waals surface area contributed by atoms with Crippen molar-refractivity contribution >= 4 is 22.6 Å². The van der Waals surface area contributed by atoms with Crippen molar-refractivity contribution in [1.82, 2.24) is 9.38 Å². The molecule has 0 aliphatic carbocycles. The Morgan fingerprint density at radius 1 is 1.30 bits per heavy atom. The van der Waals surface area contributed by atoms with Crippen LogP contribution in [0.15, 0.2) is 18.2 Å². The van der Waals surface area contributed by atoms with Crippen molar-refractivity contribution in [2.45, 2.75) is 20.3 Å². The highest BCUT2D eigenvalue weighted by Crippen LogP contribution is 2.37. The molecule has 23 heavy (non-hydrogen) atoms. The van der Waals surface area contributed by atoms with E-state index in [1.165, 1.54) is 4.88 Å². The molecule has 5 nitrogen and oxygen atoms in total. The summed E-state index contributed by atoms with van der Waals surface area (Å²) in [5, 5.41) is 0. The Balaban J connectivity index is 2.32. The van der Waals surface area contributed by atoms with Crippen LogP contribution in [-0.2, 0) is 6.42 Å². The third-order valence-electron chi connectivity index (χ3n) is 3.91. The van der Waals surface area contributed by atoms with Crippen LogP contribution in [0.4, 0.5) is 0 Å². The number of aldehydes is 1. The highest BCUT2D eigenvalue weighted by Gasteiger charge is 2.21. The molecule has 2 heterocycles. The molecule has 0 N–H and O–H groups in total. The van der Waals surface area contributed by atoms with Gasteiger partial charge in [-0.15, -0.1) is 11.3 Å². The molecule has 120 valence electrons. The van der Waals surface area contributed by atoms with Gasteiger partial charge in [0.05, 0.1) is 14.2 Å². The van der Waals surface area contributed by atoms with Crippen LogP contribution in [0.1, 0.15) is 28.0 Å². The summed E-state index contributed by atoms with van der Waals surface area (Å²) in [7, 11) is 3.21. The quantitative estimate of drug-likeness (QED) is 0.668. The molecule has 6 heteroatoms. The predicted molar refractivity (Wildman–Crippen MR) is 91.1 cm³/mol. The topological polar surface area (TPSA) is 52.8 Å². The van der Waals surface area contributed by atoms with Crippen molar-refractivity contribution in [3.8, 4) is 22.8 Å². The summed E-state index contributed by atoms with van der Waals surface area (Å²) in [5.74, 6) is 1.36. The number of hydrogen-bond donors (Lipinski definition) is 0. The summed E-state index contributed by atoms with van der Waals surface area (Å²) >= 11 is 1.59. The van der Waals surface area contributed by atoms with Crippen LogP contribution in [0, 0.1) is 6.92 Å². The molecule has 0 amide bonds. The summed E-state index contributed by atoms with van der Waals surface area (Å²) in [6, 6.07) is 5.49.